The average Bonchev–Trinajstić information content (AvgIpc) is 2.32. The fourth-order valence-electron chi connectivity index (χ4n) is 3.36. The number of hydrogen-bond donors (Lipinski definition) is 1. The van der Waals surface area contributed by atoms with E-state index >= 15 is 0 Å². The quantitative estimate of drug-likeness (QED) is 0.884. The molecule has 3 heteroatoms. The third kappa shape index (κ3) is 2.77. The lowest BCUT2D eigenvalue weighted by Gasteiger charge is -2.45. The van der Waals surface area contributed by atoms with Crippen LogP contribution in [0.3, 0.4) is 0 Å². The molecule has 1 fully saturated rings. The second kappa shape index (κ2) is 5.51. The SMILES string of the molecule is Cc1cc(C)c(N2CC(C)N(C)C(CN)C2)c(C)c1. The maximum Gasteiger partial charge on any atom is 0.0426 e. The van der Waals surface area contributed by atoms with Crippen LogP contribution in [-0.4, -0.2) is 43.7 Å². The Morgan fingerprint density at radius 1 is 1.16 bits per heavy atom. The van der Waals surface area contributed by atoms with Crippen LogP contribution in [0.2, 0.25) is 0 Å². The van der Waals surface area contributed by atoms with Crippen LogP contribution in [0.5, 0.6) is 0 Å². The lowest BCUT2D eigenvalue weighted by Crippen LogP contribution is -2.58. The van der Waals surface area contributed by atoms with Gasteiger partial charge >= 0.3 is 0 Å². The summed E-state index contributed by atoms with van der Waals surface area (Å²) in [6, 6.07) is 5.55. The van der Waals surface area contributed by atoms with Crippen molar-refractivity contribution in [2.45, 2.75) is 39.8 Å². The normalized spacial score (nSPS) is 24.8. The molecular formula is C16H27N3. The second-order valence-electron chi connectivity index (χ2n) is 6.06. The van der Waals surface area contributed by atoms with Gasteiger partial charge in [0.25, 0.3) is 0 Å². The van der Waals surface area contributed by atoms with E-state index in [1.165, 1.54) is 22.4 Å². The first kappa shape index (κ1) is 14.4. The topological polar surface area (TPSA) is 32.5 Å². The molecule has 1 saturated heterocycles. The van der Waals surface area contributed by atoms with Crippen molar-refractivity contribution in [2.75, 3.05) is 31.6 Å². The molecule has 1 heterocycles. The van der Waals surface area contributed by atoms with Gasteiger partial charge in [-0.3, -0.25) is 4.90 Å². The minimum atomic E-state index is 0.448. The predicted octanol–water partition coefficient (Wildman–Crippen LogP) is 2.08. The fourth-order valence-corrected chi connectivity index (χ4v) is 3.36. The molecule has 0 amide bonds. The van der Waals surface area contributed by atoms with Crippen LogP contribution in [-0.2, 0) is 0 Å². The molecule has 0 aromatic heterocycles. The molecule has 0 saturated carbocycles. The molecule has 2 atom stereocenters. The van der Waals surface area contributed by atoms with Gasteiger partial charge in [0.05, 0.1) is 0 Å². The van der Waals surface area contributed by atoms with Gasteiger partial charge in [-0.2, -0.15) is 0 Å². The van der Waals surface area contributed by atoms with E-state index in [2.05, 4.69) is 56.7 Å². The Hall–Kier alpha value is -1.06. The number of hydrogen-bond acceptors (Lipinski definition) is 3. The summed E-state index contributed by atoms with van der Waals surface area (Å²) in [7, 11) is 2.19. The van der Waals surface area contributed by atoms with Crippen LogP contribution in [0.4, 0.5) is 5.69 Å². The van der Waals surface area contributed by atoms with E-state index in [1.807, 2.05) is 0 Å². The van der Waals surface area contributed by atoms with Crippen molar-refractivity contribution in [1.82, 2.24) is 4.90 Å². The number of likely N-dealkylation sites (N-methyl/N-ethyl adjacent to an activating group) is 1. The Morgan fingerprint density at radius 2 is 1.74 bits per heavy atom. The average molecular weight is 261 g/mol. The Morgan fingerprint density at radius 3 is 2.26 bits per heavy atom. The first-order chi connectivity index (χ1) is 8.93. The highest BCUT2D eigenvalue weighted by Gasteiger charge is 2.29. The van der Waals surface area contributed by atoms with Gasteiger partial charge in [0, 0.05) is 37.4 Å². The van der Waals surface area contributed by atoms with Crippen molar-refractivity contribution < 1.29 is 0 Å². The second-order valence-corrected chi connectivity index (χ2v) is 6.06. The monoisotopic (exact) mass is 261 g/mol. The molecule has 1 aromatic carbocycles. The number of benzene rings is 1. The van der Waals surface area contributed by atoms with Gasteiger partial charge < -0.3 is 10.6 Å². The minimum absolute atomic E-state index is 0.448. The lowest BCUT2D eigenvalue weighted by atomic mass is 10.0. The molecule has 2 unspecified atom stereocenters. The fraction of sp³-hybridized carbons (Fsp3) is 0.625. The van der Waals surface area contributed by atoms with Crippen molar-refractivity contribution in [3.8, 4) is 0 Å². The van der Waals surface area contributed by atoms with E-state index in [1.54, 1.807) is 0 Å². The van der Waals surface area contributed by atoms with Crippen LogP contribution >= 0.6 is 0 Å². The summed E-state index contributed by atoms with van der Waals surface area (Å²) in [4.78, 5) is 4.93. The molecule has 1 aliphatic rings. The molecule has 0 aliphatic carbocycles. The largest absolute Gasteiger partial charge is 0.368 e. The summed E-state index contributed by atoms with van der Waals surface area (Å²) in [5, 5.41) is 0. The van der Waals surface area contributed by atoms with E-state index in [-0.39, 0.29) is 0 Å². The zero-order chi connectivity index (χ0) is 14.2. The third-order valence-electron chi connectivity index (χ3n) is 4.41. The number of nitrogens with two attached hydrogens (primary N) is 1. The standard InChI is InChI=1S/C16H27N3/c1-11-6-12(2)16(13(3)7-11)19-9-14(4)18(5)15(8-17)10-19/h6-7,14-15H,8-10,17H2,1-5H3. The molecule has 2 rings (SSSR count). The van der Waals surface area contributed by atoms with Crippen molar-refractivity contribution in [1.29, 1.82) is 0 Å². The van der Waals surface area contributed by atoms with Crippen LogP contribution in [0.25, 0.3) is 0 Å². The van der Waals surface area contributed by atoms with Crippen molar-refractivity contribution >= 4 is 5.69 Å². The molecular weight excluding hydrogens is 234 g/mol. The molecule has 1 aromatic rings. The smallest absolute Gasteiger partial charge is 0.0426 e. The van der Waals surface area contributed by atoms with Gasteiger partial charge in [-0.15, -0.1) is 0 Å². The van der Waals surface area contributed by atoms with Crippen LogP contribution < -0.4 is 10.6 Å². The van der Waals surface area contributed by atoms with Crippen LogP contribution in [0.1, 0.15) is 23.6 Å². The van der Waals surface area contributed by atoms with Crippen molar-refractivity contribution in [3.63, 3.8) is 0 Å². The van der Waals surface area contributed by atoms with Gasteiger partial charge in [0.1, 0.15) is 0 Å². The Bertz CT molecular complexity index is 432. The summed E-state index contributed by atoms with van der Waals surface area (Å²) in [6.45, 7) is 11.7. The number of piperazine rings is 1. The number of anilines is 1. The van der Waals surface area contributed by atoms with Gasteiger partial charge in [0.2, 0.25) is 0 Å². The van der Waals surface area contributed by atoms with Gasteiger partial charge in [-0.05, 0) is 45.9 Å². The van der Waals surface area contributed by atoms with Crippen LogP contribution in [0, 0.1) is 20.8 Å². The molecule has 1 aliphatic heterocycles. The maximum atomic E-state index is 5.93. The number of nitrogens with zero attached hydrogens (tertiary/aromatic N) is 2. The highest BCUT2D eigenvalue weighted by Crippen LogP contribution is 2.29. The van der Waals surface area contributed by atoms with E-state index in [0.717, 1.165) is 19.6 Å². The first-order valence-corrected chi connectivity index (χ1v) is 7.18. The summed E-state index contributed by atoms with van der Waals surface area (Å²) in [5.74, 6) is 0. The van der Waals surface area contributed by atoms with Crippen molar-refractivity contribution in [2.24, 2.45) is 5.73 Å². The van der Waals surface area contributed by atoms with Gasteiger partial charge in [-0.25, -0.2) is 0 Å². The Labute approximate surface area is 117 Å². The Balaban J connectivity index is 2.32. The summed E-state index contributed by atoms with van der Waals surface area (Å²) >= 11 is 0. The molecule has 106 valence electrons. The van der Waals surface area contributed by atoms with Gasteiger partial charge in [-0.1, -0.05) is 17.7 Å². The maximum absolute atomic E-state index is 5.93. The number of aryl methyl sites for hydroxylation is 3. The highest BCUT2D eigenvalue weighted by molar-refractivity contribution is 5.60. The molecule has 19 heavy (non-hydrogen) atoms. The number of rotatable bonds is 2. The molecule has 2 N–H and O–H groups in total. The summed E-state index contributed by atoms with van der Waals surface area (Å²) in [6.07, 6.45) is 0. The highest BCUT2D eigenvalue weighted by atomic mass is 15.3. The minimum Gasteiger partial charge on any atom is -0.368 e. The molecule has 0 radical (unpaired) electrons. The third-order valence-corrected chi connectivity index (χ3v) is 4.41. The van der Waals surface area contributed by atoms with E-state index in [9.17, 15) is 0 Å². The molecule has 0 bridgehead atoms. The summed E-state index contributed by atoms with van der Waals surface area (Å²) in [5.41, 5.74) is 11.4. The zero-order valence-corrected chi connectivity index (χ0v) is 12.9. The molecule has 3 nitrogen and oxygen atoms in total. The lowest BCUT2D eigenvalue weighted by molar-refractivity contribution is 0.162. The van der Waals surface area contributed by atoms with Crippen LogP contribution in [0.15, 0.2) is 12.1 Å². The first-order valence-electron chi connectivity index (χ1n) is 7.18. The zero-order valence-electron chi connectivity index (χ0n) is 12.9. The van der Waals surface area contributed by atoms with Crippen molar-refractivity contribution in [3.05, 3.63) is 28.8 Å². The predicted molar refractivity (Wildman–Crippen MR) is 82.9 cm³/mol. The summed E-state index contributed by atoms with van der Waals surface area (Å²) < 4.78 is 0. The molecule has 0 spiro atoms. The Kier molecular flexibility index (Phi) is 4.16. The van der Waals surface area contributed by atoms with E-state index < -0.39 is 0 Å². The van der Waals surface area contributed by atoms with Gasteiger partial charge in [0.15, 0.2) is 0 Å². The van der Waals surface area contributed by atoms with E-state index in [4.69, 9.17) is 5.73 Å². The van der Waals surface area contributed by atoms with E-state index in [0.29, 0.717) is 12.1 Å².